The van der Waals surface area contributed by atoms with Crippen LogP contribution in [0.3, 0.4) is 0 Å². The minimum atomic E-state index is -0.548. The molecule has 0 radical (unpaired) electrons. The number of hydrogen-bond acceptors (Lipinski definition) is 4. The molecule has 0 heterocycles. The highest BCUT2D eigenvalue weighted by atomic mass is 16.5. The number of carbonyl (C=O) groups excluding carboxylic acids is 3. The molecule has 2 rings (SSSR count). The van der Waals surface area contributed by atoms with Crippen molar-refractivity contribution in [2.24, 2.45) is 0 Å². The third-order valence-corrected chi connectivity index (χ3v) is 4.13. The molecular weight excluding hydrogens is 356 g/mol. The topological polar surface area (TPSA) is 75.7 Å². The fourth-order valence-electron chi connectivity index (χ4n) is 2.94. The van der Waals surface area contributed by atoms with Crippen LogP contribution < -0.4 is 10.2 Å². The first-order chi connectivity index (χ1) is 13.4. The average molecular weight is 382 g/mol. The number of esters is 1. The van der Waals surface area contributed by atoms with Gasteiger partial charge in [-0.1, -0.05) is 48.5 Å². The first-order valence-corrected chi connectivity index (χ1v) is 9.23. The molecule has 6 nitrogen and oxygen atoms in total. The van der Waals surface area contributed by atoms with Crippen LogP contribution >= 0.6 is 0 Å². The number of ether oxygens (including phenoxy) is 1. The maximum Gasteiger partial charge on any atom is 0.308 e. The van der Waals surface area contributed by atoms with E-state index >= 15 is 0 Å². The van der Waals surface area contributed by atoms with Crippen molar-refractivity contribution in [1.82, 2.24) is 5.32 Å². The van der Waals surface area contributed by atoms with Gasteiger partial charge in [-0.3, -0.25) is 14.4 Å². The zero-order valence-electron chi connectivity index (χ0n) is 16.4. The number of nitrogens with one attached hydrogen (secondary N) is 1. The van der Waals surface area contributed by atoms with Gasteiger partial charge < -0.3 is 15.0 Å². The van der Waals surface area contributed by atoms with E-state index < -0.39 is 12.0 Å². The molecule has 0 fully saturated rings. The van der Waals surface area contributed by atoms with Gasteiger partial charge in [0.25, 0.3) is 5.91 Å². The van der Waals surface area contributed by atoms with Crippen molar-refractivity contribution in [3.05, 3.63) is 66.2 Å². The molecule has 0 saturated carbocycles. The van der Waals surface area contributed by atoms with E-state index in [1.165, 1.54) is 6.92 Å². The van der Waals surface area contributed by atoms with Gasteiger partial charge in [0.05, 0.1) is 12.5 Å². The van der Waals surface area contributed by atoms with E-state index in [1.54, 1.807) is 4.90 Å². The number of para-hydroxylation sites is 1. The second-order valence-corrected chi connectivity index (χ2v) is 6.72. The van der Waals surface area contributed by atoms with Gasteiger partial charge in [-0.05, 0) is 31.5 Å². The predicted octanol–water partition coefficient (Wildman–Crippen LogP) is 3.24. The summed E-state index contributed by atoms with van der Waals surface area (Å²) >= 11 is 0. The van der Waals surface area contributed by atoms with Crippen LogP contribution in [-0.4, -0.2) is 30.4 Å². The van der Waals surface area contributed by atoms with Crippen LogP contribution in [0.1, 0.15) is 38.8 Å². The summed E-state index contributed by atoms with van der Waals surface area (Å²) in [7, 11) is 0. The van der Waals surface area contributed by atoms with Gasteiger partial charge >= 0.3 is 5.97 Å². The monoisotopic (exact) mass is 382 g/mol. The van der Waals surface area contributed by atoms with Crippen LogP contribution in [0.4, 0.5) is 5.69 Å². The highest BCUT2D eigenvalue weighted by Gasteiger charge is 2.22. The largest absolute Gasteiger partial charge is 0.455 e. The van der Waals surface area contributed by atoms with Gasteiger partial charge in [0.15, 0.2) is 6.61 Å². The Labute approximate surface area is 165 Å². The molecule has 0 spiro atoms. The van der Waals surface area contributed by atoms with Crippen LogP contribution in [0.15, 0.2) is 60.7 Å². The second-order valence-electron chi connectivity index (χ2n) is 6.72. The number of rotatable bonds is 8. The molecule has 0 saturated heterocycles. The Morgan fingerprint density at radius 1 is 0.964 bits per heavy atom. The molecule has 1 N–H and O–H groups in total. The Morgan fingerprint density at radius 2 is 1.54 bits per heavy atom. The zero-order valence-corrected chi connectivity index (χ0v) is 16.4. The lowest BCUT2D eigenvalue weighted by atomic mass is 10.0. The molecule has 6 heteroatoms. The number of anilines is 1. The van der Waals surface area contributed by atoms with Crippen molar-refractivity contribution in [2.45, 2.75) is 39.3 Å². The van der Waals surface area contributed by atoms with Crippen LogP contribution in [0.25, 0.3) is 0 Å². The van der Waals surface area contributed by atoms with E-state index in [0.717, 1.165) is 11.3 Å². The maximum atomic E-state index is 12.6. The van der Waals surface area contributed by atoms with Gasteiger partial charge in [0.1, 0.15) is 0 Å². The summed E-state index contributed by atoms with van der Waals surface area (Å²) in [6, 6.07) is 17.8. The Hall–Kier alpha value is -3.15. The molecule has 0 aliphatic heterocycles. The summed E-state index contributed by atoms with van der Waals surface area (Å²) in [6.07, 6.45) is -0.0517. The summed E-state index contributed by atoms with van der Waals surface area (Å²) in [5, 5.41) is 2.75. The van der Waals surface area contributed by atoms with Gasteiger partial charge in [-0.25, -0.2) is 0 Å². The molecule has 2 aromatic carbocycles. The van der Waals surface area contributed by atoms with Crippen LogP contribution in [0, 0.1) is 0 Å². The number of benzene rings is 2. The lowest BCUT2D eigenvalue weighted by molar-refractivity contribution is -0.148. The van der Waals surface area contributed by atoms with Gasteiger partial charge in [-0.15, -0.1) is 0 Å². The summed E-state index contributed by atoms with van der Waals surface area (Å²) in [6.45, 7) is 4.84. The molecule has 0 bridgehead atoms. The molecule has 2 amide bonds. The zero-order chi connectivity index (χ0) is 20.5. The smallest absolute Gasteiger partial charge is 0.308 e. The fraction of sp³-hybridized carbons (Fsp3) is 0.318. The molecule has 0 aromatic heterocycles. The summed E-state index contributed by atoms with van der Waals surface area (Å²) in [5.41, 5.74) is 1.55. The maximum absolute atomic E-state index is 12.6. The molecular formula is C22H26N2O4. The van der Waals surface area contributed by atoms with E-state index in [4.69, 9.17) is 4.74 Å². The summed E-state index contributed by atoms with van der Waals surface area (Å²) in [4.78, 5) is 38.0. The minimum absolute atomic E-state index is 0.0517. The second kappa shape index (κ2) is 10.3. The molecule has 2 aromatic rings. The van der Waals surface area contributed by atoms with E-state index in [0.29, 0.717) is 0 Å². The lowest BCUT2D eigenvalue weighted by Gasteiger charge is -2.26. The standard InChI is InChI=1S/C22H26N2O4/c1-16(2)24(19-12-8-5-9-13-19)21(26)15-28-22(27)14-20(23-17(3)25)18-10-6-4-7-11-18/h4-13,16,20H,14-15H2,1-3H3,(H,23,25)/t20-/m0/s1. The number of nitrogens with zero attached hydrogens (tertiary/aromatic N) is 1. The Bertz CT molecular complexity index is 791. The van der Waals surface area contributed by atoms with E-state index in [2.05, 4.69) is 5.32 Å². The van der Waals surface area contributed by atoms with E-state index in [-0.39, 0.29) is 30.9 Å². The van der Waals surface area contributed by atoms with Crippen molar-refractivity contribution in [1.29, 1.82) is 0 Å². The van der Waals surface area contributed by atoms with Crippen molar-refractivity contribution < 1.29 is 19.1 Å². The van der Waals surface area contributed by atoms with Crippen molar-refractivity contribution >= 4 is 23.5 Å². The first-order valence-electron chi connectivity index (χ1n) is 9.23. The van der Waals surface area contributed by atoms with Crippen molar-refractivity contribution in [3.63, 3.8) is 0 Å². The van der Waals surface area contributed by atoms with E-state index in [9.17, 15) is 14.4 Å². The highest BCUT2D eigenvalue weighted by Crippen LogP contribution is 2.19. The SMILES string of the molecule is CC(=O)N[C@@H](CC(=O)OCC(=O)N(c1ccccc1)C(C)C)c1ccccc1. The number of amides is 2. The van der Waals surface area contributed by atoms with Crippen LogP contribution in [-0.2, 0) is 19.1 Å². The third-order valence-electron chi connectivity index (χ3n) is 4.13. The van der Waals surface area contributed by atoms with Crippen LogP contribution in [0.5, 0.6) is 0 Å². The molecule has 0 aliphatic carbocycles. The average Bonchev–Trinajstić information content (AvgIpc) is 2.67. The fourth-order valence-corrected chi connectivity index (χ4v) is 2.94. The highest BCUT2D eigenvalue weighted by molar-refractivity contribution is 5.95. The molecule has 28 heavy (non-hydrogen) atoms. The Kier molecular flexibility index (Phi) is 7.75. The Morgan fingerprint density at radius 3 is 2.07 bits per heavy atom. The van der Waals surface area contributed by atoms with Crippen molar-refractivity contribution in [2.75, 3.05) is 11.5 Å². The number of hydrogen-bond donors (Lipinski definition) is 1. The van der Waals surface area contributed by atoms with Crippen LogP contribution in [0.2, 0.25) is 0 Å². The third kappa shape index (κ3) is 6.23. The normalized spacial score (nSPS) is 11.6. The minimum Gasteiger partial charge on any atom is -0.455 e. The molecule has 0 unspecified atom stereocenters. The van der Waals surface area contributed by atoms with Crippen molar-refractivity contribution in [3.8, 4) is 0 Å². The molecule has 0 aliphatic rings. The molecule has 148 valence electrons. The van der Waals surface area contributed by atoms with Gasteiger partial charge in [0, 0.05) is 18.7 Å². The number of carbonyl (C=O) groups is 3. The summed E-state index contributed by atoms with van der Waals surface area (Å²) in [5.74, 6) is -1.09. The van der Waals surface area contributed by atoms with Gasteiger partial charge in [0.2, 0.25) is 5.91 Å². The summed E-state index contributed by atoms with van der Waals surface area (Å²) < 4.78 is 5.21. The lowest BCUT2D eigenvalue weighted by Crippen LogP contribution is -2.40. The Balaban J connectivity index is 1.99. The van der Waals surface area contributed by atoms with Gasteiger partial charge in [-0.2, -0.15) is 0 Å². The quantitative estimate of drug-likeness (QED) is 0.711. The molecule has 1 atom stereocenters. The van der Waals surface area contributed by atoms with E-state index in [1.807, 2.05) is 74.5 Å². The predicted molar refractivity (Wildman–Crippen MR) is 108 cm³/mol. The first kappa shape index (κ1) is 21.2.